The Kier molecular flexibility index (Phi) is 4.46. The van der Waals surface area contributed by atoms with Crippen molar-refractivity contribution in [2.45, 2.75) is 22.0 Å². The van der Waals surface area contributed by atoms with Gasteiger partial charge in [-0.15, -0.1) is 0 Å². The van der Waals surface area contributed by atoms with E-state index in [-0.39, 0.29) is 18.3 Å². The van der Waals surface area contributed by atoms with Gasteiger partial charge in [0.15, 0.2) is 11.5 Å². The number of esters is 1. The summed E-state index contributed by atoms with van der Waals surface area (Å²) in [5, 5.41) is 9.68. The normalized spacial score (nSPS) is 14.6. The molecule has 0 unspecified atom stereocenters. The van der Waals surface area contributed by atoms with Crippen LogP contribution in [0.15, 0.2) is 17.0 Å². The van der Waals surface area contributed by atoms with E-state index >= 15 is 0 Å². The number of hydrogen-bond acceptors (Lipinski definition) is 6. The van der Waals surface area contributed by atoms with E-state index in [1.165, 1.54) is 0 Å². The first-order valence-electron chi connectivity index (χ1n) is 5.97. The molecule has 1 aliphatic rings. The number of halogens is 6. The minimum atomic E-state index is -6.05. The molecule has 0 atom stereocenters. The van der Waals surface area contributed by atoms with Crippen LogP contribution < -0.4 is 9.47 Å². The maximum atomic E-state index is 13.2. The monoisotopic (exact) mass is 378 g/mol. The van der Waals surface area contributed by atoms with Crippen molar-refractivity contribution in [3.8, 4) is 17.2 Å². The van der Waals surface area contributed by atoms with Crippen molar-refractivity contribution in [2.75, 3.05) is 13.9 Å². The number of methoxy groups -OCH3 is 1. The quantitative estimate of drug-likeness (QED) is 0.495. The Morgan fingerprint density at radius 1 is 1.12 bits per heavy atom. The van der Waals surface area contributed by atoms with Crippen LogP contribution in [0.2, 0.25) is 0 Å². The lowest BCUT2D eigenvalue weighted by Gasteiger charge is -2.33. The van der Waals surface area contributed by atoms with Crippen molar-refractivity contribution in [1.29, 1.82) is 0 Å². The molecule has 5 nitrogen and oxygen atoms in total. The second-order valence-electron chi connectivity index (χ2n) is 4.44. The third-order valence-corrected chi connectivity index (χ3v) is 4.47. The molecule has 0 aromatic heterocycles. The van der Waals surface area contributed by atoms with Crippen LogP contribution in [0.25, 0.3) is 0 Å². The molecule has 1 aromatic carbocycles. The summed E-state index contributed by atoms with van der Waals surface area (Å²) in [6, 6.07) is 1.51. The molecule has 0 fully saturated rings. The number of phenols is 1. The summed E-state index contributed by atoms with van der Waals surface area (Å²) in [6.07, 6.45) is -12.1. The maximum absolute atomic E-state index is 13.2. The second-order valence-corrected chi connectivity index (χ2v) is 5.70. The van der Waals surface area contributed by atoms with Gasteiger partial charge in [0, 0.05) is 12.1 Å². The molecule has 0 amide bonds. The van der Waals surface area contributed by atoms with Crippen LogP contribution in [0.3, 0.4) is 0 Å². The summed E-state index contributed by atoms with van der Waals surface area (Å²) in [5.41, 5.74) is 0. The van der Waals surface area contributed by atoms with E-state index in [1.807, 2.05) is 0 Å². The first-order valence-corrected chi connectivity index (χ1v) is 6.79. The molecule has 2 rings (SSSR count). The summed E-state index contributed by atoms with van der Waals surface area (Å²) in [6.45, 7) is -0.316. The van der Waals surface area contributed by atoms with Crippen molar-refractivity contribution in [3.05, 3.63) is 12.1 Å². The number of aromatic hydroxyl groups is 1. The van der Waals surface area contributed by atoms with Gasteiger partial charge < -0.3 is 19.3 Å². The van der Waals surface area contributed by atoms with Crippen LogP contribution in [0.4, 0.5) is 26.3 Å². The van der Waals surface area contributed by atoms with Gasteiger partial charge in [-0.25, -0.2) is 4.79 Å². The largest absolute Gasteiger partial charge is 0.507 e. The van der Waals surface area contributed by atoms with Crippen LogP contribution in [0.5, 0.6) is 17.2 Å². The number of carbonyl (C=O) groups excluding carboxylic acids is 1. The SMILES string of the molecule is COC(=O)C(Sc1cc2c(cc1O)OCO2)(C(F)(F)F)C(F)(F)F. The zero-order chi connectivity index (χ0) is 18.3. The Morgan fingerprint density at radius 3 is 2.08 bits per heavy atom. The molecule has 12 heteroatoms. The van der Waals surface area contributed by atoms with Gasteiger partial charge >= 0.3 is 23.1 Å². The highest BCUT2D eigenvalue weighted by Crippen LogP contribution is 2.57. The predicted molar refractivity (Wildman–Crippen MR) is 66.9 cm³/mol. The van der Waals surface area contributed by atoms with Crippen LogP contribution in [0, 0.1) is 0 Å². The van der Waals surface area contributed by atoms with Gasteiger partial charge in [0.05, 0.1) is 12.0 Å². The smallest absolute Gasteiger partial charge is 0.423 e. The van der Waals surface area contributed by atoms with E-state index in [4.69, 9.17) is 9.47 Å². The van der Waals surface area contributed by atoms with Gasteiger partial charge in [0.2, 0.25) is 6.79 Å². The van der Waals surface area contributed by atoms with Crippen LogP contribution in [-0.2, 0) is 9.53 Å². The first kappa shape index (κ1) is 18.4. The predicted octanol–water partition coefficient (Wildman–Crippen LogP) is 3.25. The number of ether oxygens (including phenoxy) is 3. The van der Waals surface area contributed by atoms with Crippen molar-refractivity contribution in [1.82, 2.24) is 0 Å². The summed E-state index contributed by atoms with van der Waals surface area (Å²) in [7, 11) is 0.397. The fraction of sp³-hybridized carbons (Fsp3) is 0.417. The molecule has 1 aromatic rings. The Hall–Kier alpha value is -1.98. The lowest BCUT2D eigenvalue weighted by atomic mass is 10.1. The fourth-order valence-corrected chi connectivity index (χ4v) is 2.91. The standard InChI is InChI=1S/C12H8F6O5S/c1-21-9(20)10(11(13,14)15,12(16,17)18)24-8-3-7-6(2-5(8)19)22-4-23-7/h2-3,19H,4H2,1H3. The Morgan fingerprint density at radius 2 is 1.62 bits per heavy atom. The average Bonchev–Trinajstić information content (AvgIpc) is 2.87. The molecule has 0 radical (unpaired) electrons. The van der Waals surface area contributed by atoms with E-state index in [2.05, 4.69) is 4.74 Å². The van der Waals surface area contributed by atoms with Gasteiger partial charge in [-0.3, -0.25) is 0 Å². The van der Waals surface area contributed by atoms with Crippen molar-refractivity contribution >= 4 is 17.7 Å². The molecule has 134 valence electrons. The number of fused-ring (bicyclic) bond motifs is 1. The van der Waals surface area contributed by atoms with Crippen LogP contribution in [-0.4, -0.2) is 42.1 Å². The average molecular weight is 378 g/mol. The van der Waals surface area contributed by atoms with Gasteiger partial charge in [-0.2, -0.15) is 26.3 Å². The highest BCUT2D eigenvalue weighted by Gasteiger charge is 2.77. The molecule has 1 heterocycles. The first-order chi connectivity index (χ1) is 10.9. The molecule has 0 aliphatic carbocycles. The number of carbonyl (C=O) groups is 1. The highest BCUT2D eigenvalue weighted by molar-refractivity contribution is 8.01. The molecule has 24 heavy (non-hydrogen) atoms. The summed E-state index contributed by atoms with van der Waals surface area (Å²) in [5.74, 6) is -3.73. The number of hydrogen-bond donors (Lipinski definition) is 1. The minimum absolute atomic E-state index is 0.0560. The third-order valence-electron chi connectivity index (χ3n) is 2.99. The van der Waals surface area contributed by atoms with Crippen LogP contribution in [0.1, 0.15) is 0 Å². The molecule has 0 saturated heterocycles. The maximum Gasteiger partial charge on any atom is 0.423 e. The zero-order valence-electron chi connectivity index (χ0n) is 11.6. The molecular formula is C12H8F6O5S. The Bertz CT molecular complexity index is 643. The van der Waals surface area contributed by atoms with Gasteiger partial charge in [0.1, 0.15) is 5.75 Å². The Labute approximate surface area is 134 Å². The van der Waals surface area contributed by atoms with E-state index in [0.29, 0.717) is 7.11 Å². The molecule has 0 saturated carbocycles. The third kappa shape index (κ3) is 2.78. The summed E-state index contributed by atoms with van der Waals surface area (Å²) >= 11 is -0.935. The van der Waals surface area contributed by atoms with Gasteiger partial charge in [-0.05, 0) is 0 Å². The minimum Gasteiger partial charge on any atom is -0.507 e. The number of thioether (sulfide) groups is 1. The van der Waals surface area contributed by atoms with Gasteiger partial charge in [-0.1, -0.05) is 11.8 Å². The molecule has 0 bridgehead atoms. The summed E-state index contributed by atoms with van der Waals surface area (Å²) < 4.78 is 87.8. The van der Waals surface area contributed by atoms with E-state index in [0.717, 1.165) is 12.1 Å². The van der Waals surface area contributed by atoms with Gasteiger partial charge in [0.25, 0.3) is 0 Å². The lowest BCUT2D eigenvalue weighted by Crippen LogP contribution is -2.60. The van der Waals surface area contributed by atoms with Crippen LogP contribution >= 0.6 is 11.8 Å². The fourth-order valence-electron chi connectivity index (χ4n) is 1.85. The Balaban J connectivity index is 2.60. The van der Waals surface area contributed by atoms with Crippen molar-refractivity contribution in [2.24, 2.45) is 0 Å². The zero-order valence-corrected chi connectivity index (χ0v) is 12.4. The van der Waals surface area contributed by atoms with Crippen molar-refractivity contribution < 1.29 is 50.5 Å². The lowest BCUT2D eigenvalue weighted by molar-refractivity contribution is -0.264. The molecule has 0 spiro atoms. The van der Waals surface area contributed by atoms with E-state index in [9.17, 15) is 36.2 Å². The number of rotatable bonds is 3. The van der Waals surface area contributed by atoms with Crippen molar-refractivity contribution in [3.63, 3.8) is 0 Å². The topological polar surface area (TPSA) is 65.0 Å². The number of benzene rings is 1. The van der Waals surface area contributed by atoms with E-state index < -0.39 is 45.5 Å². The molecular weight excluding hydrogens is 370 g/mol. The second kappa shape index (κ2) is 5.83. The van der Waals surface area contributed by atoms with E-state index in [1.54, 1.807) is 0 Å². The molecule has 1 aliphatic heterocycles. The number of phenolic OH excluding ortho intramolecular Hbond substituents is 1. The molecule has 1 N–H and O–H groups in total. The highest BCUT2D eigenvalue weighted by atomic mass is 32.2. The summed E-state index contributed by atoms with van der Waals surface area (Å²) in [4.78, 5) is 10.6. The number of alkyl halides is 6.